The molecule has 2 N–H and O–H groups in total. The Labute approximate surface area is 152 Å². The largest absolute Gasteiger partial charge is 0.496 e. The van der Waals surface area contributed by atoms with Crippen LogP contribution in [0, 0.1) is 0 Å². The molecule has 3 rings (SSSR count). The van der Waals surface area contributed by atoms with E-state index in [9.17, 15) is 4.79 Å². The van der Waals surface area contributed by atoms with Crippen molar-refractivity contribution in [1.29, 1.82) is 0 Å². The van der Waals surface area contributed by atoms with Crippen molar-refractivity contribution in [2.75, 3.05) is 12.4 Å². The van der Waals surface area contributed by atoms with Crippen LogP contribution in [0.3, 0.4) is 0 Å². The Balaban J connectivity index is 1.55. The van der Waals surface area contributed by atoms with Gasteiger partial charge in [-0.15, -0.1) is 0 Å². The lowest BCUT2D eigenvalue weighted by Crippen LogP contribution is -2.23. The fourth-order valence-electron chi connectivity index (χ4n) is 2.44. The lowest BCUT2D eigenvalue weighted by Gasteiger charge is -2.09. The molecule has 0 unspecified atom stereocenters. The fourth-order valence-corrected chi connectivity index (χ4v) is 2.44. The first-order valence-electron chi connectivity index (χ1n) is 8.26. The first-order valence-corrected chi connectivity index (χ1v) is 8.26. The minimum absolute atomic E-state index is 0.231. The summed E-state index contributed by atoms with van der Waals surface area (Å²) in [5.74, 6) is 0.991. The third-order valence-electron chi connectivity index (χ3n) is 3.84. The normalized spacial score (nSPS) is 10.2. The van der Waals surface area contributed by atoms with Crippen molar-refractivity contribution >= 4 is 11.9 Å². The number of ether oxygens (including phenoxy) is 1. The van der Waals surface area contributed by atoms with Crippen molar-refractivity contribution in [2.24, 2.45) is 0 Å². The third-order valence-corrected chi connectivity index (χ3v) is 3.84. The second kappa shape index (κ2) is 8.62. The third kappa shape index (κ3) is 4.57. The van der Waals surface area contributed by atoms with E-state index in [0.717, 1.165) is 16.9 Å². The molecule has 1 heterocycles. The van der Waals surface area contributed by atoms with Crippen LogP contribution in [0.2, 0.25) is 0 Å². The van der Waals surface area contributed by atoms with Gasteiger partial charge < -0.3 is 15.4 Å². The van der Waals surface area contributed by atoms with E-state index in [2.05, 4.69) is 20.6 Å². The van der Waals surface area contributed by atoms with E-state index in [1.165, 1.54) is 12.4 Å². The quantitative estimate of drug-likeness (QED) is 0.686. The molecular formula is C20H20N4O2. The molecule has 0 spiro atoms. The highest BCUT2D eigenvalue weighted by Gasteiger charge is 2.09. The summed E-state index contributed by atoms with van der Waals surface area (Å²) >= 11 is 0. The van der Waals surface area contributed by atoms with Crippen LogP contribution in [0.5, 0.6) is 5.75 Å². The summed E-state index contributed by atoms with van der Waals surface area (Å²) in [6.07, 6.45) is 3.02. The summed E-state index contributed by atoms with van der Waals surface area (Å²) < 4.78 is 5.28. The van der Waals surface area contributed by atoms with Gasteiger partial charge in [-0.2, -0.15) is 0 Å². The van der Waals surface area contributed by atoms with E-state index in [-0.39, 0.29) is 5.91 Å². The Morgan fingerprint density at radius 1 is 0.962 bits per heavy atom. The van der Waals surface area contributed by atoms with Gasteiger partial charge in [-0.1, -0.05) is 48.5 Å². The zero-order valence-electron chi connectivity index (χ0n) is 14.5. The fraction of sp³-hybridized carbons (Fsp3) is 0.150. The molecule has 1 aromatic heterocycles. The van der Waals surface area contributed by atoms with Gasteiger partial charge in [0.2, 0.25) is 5.95 Å². The van der Waals surface area contributed by atoms with Crippen molar-refractivity contribution in [3.63, 3.8) is 0 Å². The van der Waals surface area contributed by atoms with Crippen LogP contribution < -0.4 is 15.4 Å². The maximum Gasteiger partial charge on any atom is 0.254 e. The van der Waals surface area contributed by atoms with Crippen molar-refractivity contribution in [2.45, 2.75) is 13.1 Å². The molecule has 0 aliphatic heterocycles. The monoisotopic (exact) mass is 348 g/mol. The Hall–Kier alpha value is -3.41. The number of anilines is 1. The highest BCUT2D eigenvalue weighted by Crippen LogP contribution is 2.16. The number of aromatic nitrogens is 2. The maximum absolute atomic E-state index is 12.3. The maximum atomic E-state index is 12.3. The number of nitrogens with one attached hydrogen (secondary N) is 2. The number of benzene rings is 2. The smallest absolute Gasteiger partial charge is 0.254 e. The van der Waals surface area contributed by atoms with Crippen molar-refractivity contribution in [1.82, 2.24) is 15.3 Å². The van der Waals surface area contributed by atoms with Gasteiger partial charge in [0.15, 0.2) is 0 Å². The Kier molecular flexibility index (Phi) is 5.77. The van der Waals surface area contributed by atoms with Gasteiger partial charge in [0.25, 0.3) is 5.91 Å². The predicted molar refractivity (Wildman–Crippen MR) is 100.0 cm³/mol. The number of carbonyl (C=O) groups is 1. The van der Waals surface area contributed by atoms with E-state index in [1.807, 2.05) is 54.6 Å². The van der Waals surface area contributed by atoms with Crippen LogP contribution in [-0.4, -0.2) is 23.0 Å². The summed E-state index contributed by atoms with van der Waals surface area (Å²) in [5, 5.41) is 5.98. The molecule has 1 amide bonds. The van der Waals surface area contributed by atoms with Crippen molar-refractivity contribution in [3.8, 4) is 5.75 Å². The van der Waals surface area contributed by atoms with Crippen molar-refractivity contribution < 1.29 is 9.53 Å². The van der Waals surface area contributed by atoms with Crippen LogP contribution in [0.4, 0.5) is 5.95 Å². The van der Waals surface area contributed by atoms with E-state index < -0.39 is 0 Å². The highest BCUT2D eigenvalue weighted by atomic mass is 16.5. The Morgan fingerprint density at radius 3 is 2.38 bits per heavy atom. The number of para-hydroxylation sites is 1. The second-order valence-corrected chi connectivity index (χ2v) is 5.63. The molecular weight excluding hydrogens is 328 g/mol. The molecule has 3 aromatic rings. The van der Waals surface area contributed by atoms with Gasteiger partial charge in [0, 0.05) is 31.0 Å². The zero-order valence-corrected chi connectivity index (χ0v) is 14.5. The number of hydrogen-bond donors (Lipinski definition) is 2. The molecule has 0 atom stereocenters. The molecule has 2 aromatic carbocycles. The standard InChI is InChI=1S/C20H20N4O2/c1-26-18-10-6-5-9-16(18)12-21-19(25)17-13-23-20(24-14-17)22-11-15-7-3-2-4-8-15/h2-10,13-14H,11-12H2,1H3,(H,21,25)(H,22,23,24). The summed E-state index contributed by atoms with van der Waals surface area (Å²) in [5.41, 5.74) is 2.45. The molecule has 0 saturated carbocycles. The van der Waals surface area contributed by atoms with Crippen LogP contribution in [-0.2, 0) is 13.1 Å². The number of amides is 1. The summed E-state index contributed by atoms with van der Waals surface area (Å²) in [7, 11) is 1.61. The minimum Gasteiger partial charge on any atom is -0.496 e. The summed E-state index contributed by atoms with van der Waals surface area (Å²) in [4.78, 5) is 20.6. The van der Waals surface area contributed by atoms with E-state index in [0.29, 0.717) is 24.6 Å². The lowest BCUT2D eigenvalue weighted by molar-refractivity contribution is 0.0950. The van der Waals surface area contributed by atoms with Crippen LogP contribution in [0.15, 0.2) is 67.0 Å². The second-order valence-electron chi connectivity index (χ2n) is 5.63. The highest BCUT2D eigenvalue weighted by molar-refractivity contribution is 5.93. The number of nitrogens with zero attached hydrogens (tertiary/aromatic N) is 2. The van der Waals surface area contributed by atoms with Gasteiger partial charge >= 0.3 is 0 Å². The Bertz CT molecular complexity index is 851. The molecule has 0 bridgehead atoms. The van der Waals surface area contributed by atoms with Gasteiger partial charge in [-0.25, -0.2) is 9.97 Å². The van der Waals surface area contributed by atoms with E-state index in [4.69, 9.17) is 4.74 Å². The molecule has 0 radical (unpaired) electrons. The average molecular weight is 348 g/mol. The number of carbonyl (C=O) groups excluding carboxylic acids is 1. The van der Waals surface area contributed by atoms with Crippen LogP contribution in [0.25, 0.3) is 0 Å². The van der Waals surface area contributed by atoms with Crippen molar-refractivity contribution in [3.05, 3.63) is 83.7 Å². The summed E-state index contributed by atoms with van der Waals surface area (Å²) in [6.45, 7) is 0.997. The first kappa shape index (κ1) is 17.4. The molecule has 0 fully saturated rings. The predicted octanol–water partition coefficient (Wildman–Crippen LogP) is 3.03. The van der Waals surface area contributed by atoms with Gasteiger partial charge in [-0.3, -0.25) is 4.79 Å². The lowest BCUT2D eigenvalue weighted by atomic mass is 10.2. The number of rotatable bonds is 7. The van der Waals surface area contributed by atoms with Crippen LogP contribution >= 0.6 is 0 Å². The molecule has 6 heteroatoms. The van der Waals surface area contributed by atoms with Gasteiger partial charge in [0.05, 0.1) is 12.7 Å². The molecule has 0 saturated heterocycles. The topological polar surface area (TPSA) is 76.1 Å². The molecule has 0 aliphatic rings. The van der Waals surface area contributed by atoms with Gasteiger partial charge in [-0.05, 0) is 11.6 Å². The minimum atomic E-state index is -0.231. The van der Waals surface area contributed by atoms with Crippen LogP contribution in [0.1, 0.15) is 21.5 Å². The van der Waals surface area contributed by atoms with Gasteiger partial charge in [0.1, 0.15) is 5.75 Å². The number of methoxy groups -OCH3 is 1. The van der Waals surface area contributed by atoms with E-state index >= 15 is 0 Å². The average Bonchev–Trinajstić information content (AvgIpc) is 2.72. The molecule has 132 valence electrons. The molecule has 6 nitrogen and oxygen atoms in total. The molecule has 26 heavy (non-hydrogen) atoms. The number of hydrogen-bond acceptors (Lipinski definition) is 5. The SMILES string of the molecule is COc1ccccc1CNC(=O)c1cnc(NCc2ccccc2)nc1. The van der Waals surface area contributed by atoms with E-state index in [1.54, 1.807) is 7.11 Å². The Morgan fingerprint density at radius 2 is 1.65 bits per heavy atom. The molecule has 0 aliphatic carbocycles. The zero-order chi connectivity index (χ0) is 18.2. The first-order chi connectivity index (χ1) is 12.8. The summed E-state index contributed by atoms with van der Waals surface area (Å²) in [6, 6.07) is 17.5.